The summed E-state index contributed by atoms with van der Waals surface area (Å²) in [7, 11) is 0. The van der Waals surface area contributed by atoms with Crippen molar-refractivity contribution in [3.63, 3.8) is 0 Å². The van der Waals surface area contributed by atoms with Crippen LogP contribution in [0.15, 0.2) is 30.5 Å². The number of phenols is 1. The number of halogens is 1. The summed E-state index contributed by atoms with van der Waals surface area (Å²) in [5.74, 6) is 0.121. The number of nitrogens with zero attached hydrogens (tertiary/aromatic N) is 4. The highest BCUT2D eigenvalue weighted by molar-refractivity contribution is 6.31. The molecule has 0 unspecified atom stereocenters. The fourth-order valence-corrected chi connectivity index (χ4v) is 3.69. The molecule has 0 spiro atoms. The van der Waals surface area contributed by atoms with E-state index in [1.54, 1.807) is 0 Å². The molecule has 0 amide bonds. The second kappa shape index (κ2) is 7.23. The van der Waals surface area contributed by atoms with Crippen LogP contribution < -0.4 is 0 Å². The zero-order valence-electron chi connectivity index (χ0n) is 14.7. The first kappa shape index (κ1) is 17.3. The van der Waals surface area contributed by atoms with E-state index in [9.17, 15) is 5.11 Å². The number of fused-ring (bicyclic) bond motifs is 1. The molecule has 1 aliphatic heterocycles. The van der Waals surface area contributed by atoms with Gasteiger partial charge in [-0.3, -0.25) is 4.90 Å². The van der Waals surface area contributed by atoms with Crippen LogP contribution in [-0.4, -0.2) is 57.6 Å². The van der Waals surface area contributed by atoms with Crippen molar-refractivity contribution in [3.8, 4) is 17.0 Å². The molecular formula is C19H21ClN4O2. The van der Waals surface area contributed by atoms with E-state index >= 15 is 0 Å². The molecule has 0 saturated carbocycles. The number of hydrogen-bond donors (Lipinski definition) is 1. The van der Waals surface area contributed by atoms with Gasteiger partial charge in [-0.15, -0.1) is 10.2 Å². The quantitative estimate of drug-likeness (QED) is 0.762. The lowest BCUT2D eigenvalue weighted by Crippen LogP contribution is -2.38. The molecule has 6 nitrogen and oxygen atoms in total. The van der Waals surface area contributed by atoms with Crippen LogP contribution in [0.4, 0.5) is 0 Å². The van der Waals surface area contributed by atoms with Gasteiger partial charge in [0, 0.05) is 48.3 Å². The minimum atomic E-state index is 0.121. The summed E-state index contributed by atoms with van der Waals surface area (Å²) in [5, 5.41) is 20.5. The van der Waals surface area contributed by atoms with Gasteiger partial charge in [-0.2, -0.15) is 0 Å². The predicted octanol–water partition coefficient (Wildman–Crippen LogP) is 3.10. The SMILES string of the molecule is Cc1cc(Cl)cc(O)c1-c1cc2ccn(CCN3CCOCC3)c2nn1. The van der Waals surface area contributed by atoms with Gasteiger partial charge in [0.1, 0.15) is 5.75 Å². The Morgan fingerprint density at radius 1 is 1.15 bits per heavy atom. The average Bonchev–Trinajstić information content (AvgIpc) is 3.02. The van der Waals surface area contributed by atoms with Gasteiger partial charge in [0.05, 0.1) is 18.9 Å². The molecule has 0 radical (unpaired) electrons. The van der Waals surface area contributed by atoms with Crippen molar-refractivity contribution in [1.29, 1.82) is 0 Å². The highest BCUT2D eigenvalue weighted by Crippen LogP contribution is 2.34. The summed E-state index contributed by atoms with van der Waals surface area (Å²) in [4.78, 5) is 2.40. The molecule has 7 heteroatoms. The highest BCUT2D eigenvalue weighted by Gasteiger charge is 2.14. The monoisotopic (exact) mass is 372 g/mol. The third-order valence-corrected chi connectivity index (χ3v) is 5.02. The first-order valence-corrected chi connectivity index (χ1v) is 9.12. The Labute approximate surface area is 157 Å². The van der Waals surface area contributed by atoms with Gasteiger partial charge in [-0.05, 0) is 36.8 Å². The van der Waals surface area contributed by atoms with Gasteiger partial charge in [-0.25, -0.2) is 0 Å². The number of benzene rings is 1. The second-order valence-corrected chi connectivity index (χ2v) is 7.02. The summed E-state index contributed by atoms with van der Waals surface area (Å²) < 4.78 is 7.51. The van der Waals surface area contributed by atoms with Crippen molar-refractivity contribution in [3.05, 3.63) is 41.0 Å². The zero-order chi connectivity index (χ0) is 18.1. The van der Waals surface area contributed by atoms with Gasteiger partial charge in [-0.1, -0.05) is 11.6 Å². The summed E-state index contributed by atoms with van der Waals surface area (Å²) in [6.45, 7) is 7.30. The van der Waals surface area contributed by atoms with E-state index < -0.39 is 0 Å². The Hall–Kier alpha value is -2.15. The summed E-state index contributed by atoms with van der Waals surface area (Å²) in [6.07, 6.45) is 2.04. The highest BCUT2D eigenvalue weighted by atomic mass is 35.5. The van der Waals surface area contributed by atoms with Crippen molar-refractivity contribution in [2.75, 3.05) is 32.8 Å². The number of morpholine rings is 1. The van der Waals surface area contributed by atoms with Crippen LogP contribution in [0.3, 0.4) is 0 Å². The number of aromatic hydroxyl groups is 1. The van der Waals surface area contributed by atoms with E-state index in [1.807, 2.05) is 31.3 Å². The van der Waals surface area contributed by atoms with Gasteiger partial charge in [0.25, 0.3) is 0 Å². The molecular weight excluding hydrogens is 352 g/mol. The van der Waals surface area contributed by atoms with Crippen molar-refractivity contribution in [2.24, 2.45) is 0 Å². The molecule has 1 saturated heterocycles. The Balaban J connectivity index is 1.59. The Bertz CT molecular complexity index is 911. The Morgan fingerprint density at radius 2 is 1.96 bits per heavy atom. The lowest BCUT2D eigenvalue weighted by atomic mass is 10.0. The van der Waals surface area contributed by atoms with Gasteiger partial charge >= 0.3 is 0 Å². The largest absolute Gasteiger partial charge is 0.507 e. The minimum Gasteiger partial charge on any atom is -0.507 e. The van der Waals surface area contributed by atoms with Crippen molar-refractivity contribution >= 4 is 22.6 Å². The average molecular weight is 373 g/mol. The van der Waals surface area contributed by atoms with E-state index in [4.69, 9.17) is 16.3 Å². The zero-order valence-corrected chi connectivity index (χ0v) is 15.4. The maximum absolute atomic E-state index is 10.3. The molecule has 26 heavy (non-hydrogen) atoms. The maximum Gasteiger partial charge on any atom is 0.162 e. The third-order valence-electron chi connectivity index (χ3n) is 4.81. The van der Waals surface area contributed by atoms with Crippen molar-refractivity contribution in [2.45, 2.75) is 13.5 Å². The van der Waals surface area contributed by atoms with E-state index in [0.717, 1.165) is 56.0 Å². The molecule has 3 aromatic rings. The predicted molar refractivity (Wildman–Crippen MR) is 102 cm³/mol. The summed E-state index contributed by atoms with van der Waals surface area (Å²) in [5.41, 5.74) is 3.04. The molecule has 3 heterocycles. The lowest BCUT2D eigenvalue weighted by Gasteiger charge is -2.26. The molecule has 1 aliphatic rings. The Kier molecular flexibility index (Phi) is 4.80. The van der Waals surface area contributed by atoms with Gasteiger partial charge in [0.15, 0.2) is 5.65 Å². The van der Waals surface area contributed by atoms with E-state index in [2.05, 4.69) is 19.7 Å². The van der Waals surface area contributed by atoms with E-state index in [-0.39, 0.29) is 5.75 Å². The number of aromatic nitrogens is 3. The maximum atomic E-state index is 10.3. The molecule has 0 bridgehead atoms. The number of aryl methyl sites for hydroxylation is 1. The standard InChI is InChI=1S/C19H21ClN4O2/c1-13-10-15(20)12-17(25)18(13)16-11-14-2-3-24(19(14)22-21-16)5-4-23-6-8-26-9-7-23/h2-3,10-12,25H,4-9H2,1H3. The third kappa shape index (κ3) is 3.40. The minimum absolute atomic E-state index is 0.121. The number of phenolic OH excluding ortho intramolecular Hbond substituents is 1. The molecule has 0 atom stereocenters. The molecule has 1 fully saturated rings. The topological polar surface area (TPSA) is 63.4 Å². The van der Waals surface area contributed by atoms with Crippen LogP contribution in [0.1, 0.15) is 5.56 Å². The van der Waals surface area contributed by atoms with E-state index in [1.165, 1.54) is 6.07 Å². The molecule has 4 rings (SSSR count). The summed E-state index contributed by atoms with van der Waals surface area (Å²) in [6, 6.07) is 7.35. The smallest absolute Gasteiger partial charge is 0.162 e. The van der Waals surface area contributed by atoms with Crippen LogP contribution in [-0.2, 0) is 11.3 Å². The molecule has 0 aliphatic carbocycles. The number of rotatable bonds is 4. The van der Waals surface area contributed by atoms with Crippen LogP contribution in [0.5, 0.6) is 5.75 Å². The number of hydrogen-bond acceptors (Lipinski definition) is 5. The van der Waals surface area contributed by atoms with Crippen LogP contribution >= 0.6 is 11.6 Å². The van der Waals surface area contributed by atoms with Crippen LogP contribution in [0.2, 0.25) is 5.02 Å². The van der Waals surface area contributed by atoms with Crippen LogP contribution in [0.25, 0.3) is 22.3 Å². The fraction of sp³-hybridized carbons (Fsp3) is 0.368. The summed E-state index contributed by atoms with van der Waals surface area (Å²) >= 11 is 6.00. The normalized spacial score (nSPS) is 15.6. The first-order valence-electron chi connectivity index (χ1n) is 8.74. The van der Waals surface area contributed by atoms with E-state index in [0.29, 0.717) is 16.3 Å². The Morgan fingerprint density at radius 3 is 2.73 bits per heavy atom. The molecule has 1 N–H and O–H groups in total. The van der Waals surface area contributed by atoms with Gasteiger partial charge in [0.2, 0.25) is 0 Å². The lowest BCUT2D eigenvalue weighted by molar-refractivity contribution is 0.0365. The number of ether oxygens (including phenoxy) is 1. The van der Waals surface area contributed by atoms with Gasteiger partial charge < -0.3 is 14.4 Å². The van der Waals surface area contributed by atoms with Crippen LogP contribution in [0, 0.1) is 6.92 Å². The molecule has 136 valence electrons. The first-order chi connectivity index (χ1) is 12.6. The molecule has 1 aromatic carbocycles. The second-order valence-electron chi connectivity index (χ2n) is 6.59. The van der Waals surface area contributed by atoms with Crippen molar-refractivity contribution < 1.29 is 9.84 Å². The van der Waals surface area contributed by atoms with Crippen molar-refractivity contribution in [1.82, 2.24) is 19.7 Å². The molecule has 2 aromatic heterocycles. The fourth-order valence-electron chi connectivity index (χ4n) is 3.42.